The molecule has 0 bridgehead atoms. The predicted octanol–water partition coefficient (Wildman–Crippen LogP) is 4.08. The smallest absolute Gasteiger partial charge is 0.119 e. The molecule has 0 aliphatic heterocycles. The molecule has 1 aliphatic rings. The van der Waals surface area contributed by atoms with Gasteiger partial charge in [-0.25, -0.2) is 0 Å². The number of fused-ring (bicyclic) bond motifs is 1. The summed E-state index contributed by atoms with van der Waals surface area (Å²) in [5.41, 5.74) is 10.2. The third kappa shape index (κ3) is 2.92. The highest BCUT2D eigenvalue weighted by Crippen LogP contribution is 2.37. The van der Waals surface area contributed by atoms with Crippen LogP contribution in [0.4, 0.5) is 0 Å². The Bertz CT molecular complexity index is 638. The van der Waals surface area contributed by atoms with Crippen LogP contribution in [0.15, 0.2) is 42.5 Å². The molecule has 1 unspecified atom stereocenters. The molecule has 110 valence electrons. The van der Waals surface area contributed by atoms with E-state index < -0.39 is 0 Å². The number of aryl methyl sites for hydroxylation is 1. The van der Waals surface area contributed by atoms with Crippen LogP contribution in [-0.4, -0.2) is 7.11 Å². The van der Waals surface area contributed by atoms with Crippen molar-refractivity contribution < 1.29 is 4.74 Å². The van der Waals surface area contributed by atoms with E-state index in [1.54, 1.807) is 7.11 Å². The summed E-state index contributed by atoms with van der Waals surface area (Å²) in [7, 11) is 1.70. The SMILES string of the molecule is COc1ccc2c(c1)C(N)(Cc1ccc(Cl)cc1)CCC2. The van der Waals surface area contributed by atoms with Gasteiger partial charge in [0, 0.05) is 10.6 Å². The minimum atomic E-state index is -0.323. The Morgan fingerprint density at radius 2 is 1.95 bits per heavy atom. The Kier molecular flexibility index (Phi) is 3.92. The molecule has 2 N–H and O–H groups in total. The number of rotatable bonds is 3. The molecule has 1 aliphatic carbocycles. The third-order valence-electron chi connectivity index (χ3n) is 4.36. The lowest BCUT2D eigenvalue weighted by molar-refractivity contribution is 0.363. The summed E-state index contributed by atoms with van der Waals surface area (Å²) in [6.07, 6.45) is 4.04. The van der Waals surface area contributed by atoms with Crippen LogP contribution < -0.4 is 10.5 Å². The molecule has 0 heterocycles. The van der Waals surface area contributed by atoms with E-state index in [9.17, 15) is 0 Å². The lowest BCUT2D eigenvalue weighted by Gasteiger charge is -2.36. The van der Waals surface area contributed by atoms with Gasteiger partial charge in [0.15, 0.2) is 0 Å². The molecule has 0 spiro atoms. The zero-order valence-electron chi connectivity index (χ0n) is 12.2. The number of hydrogen-bond donors (Lipinski definition) is 1. The molecule has 0 aromatic heterocycles. The van der Waals surface area contributed by atoms with Crippen molar-refractivity contribution in [1.82, 2.24) is 0 Å². The fraction of sp³-hybridized carbons (Fsp3) is 0.333. The lowest BCUT2D eigenvalue weighted by atomic mass is 9.74. The Morgan fingerprint density at radius 3 is 2.67 bits per heavy atom. The monoisotopic (exact) mass is 301 g/mol. The Balaban J connectivity index is 1.96. The van der Waals surface area contributed by atoms with Crippen LogP contribution >= 0.6 is 11.6 Å². The van der Waals surface area contributed by atoms with E-state index in [1.165, 1.54) is 16.7 Å². The largest absolute Gasteiger partial charge is 0.497 e. The van der Waals surface area contributed by atoms with Crippen LogP contribution in [0.1, 0.15) is 29.5 Å². The summed E-state index contributed by atoms with van der Waals surface area (Å²) in [5, 5.41) is 0.760. The van der Waals surface area contributed by atoms with Crippen molar-refractivity contribution in [2.45, 2.75) is 31.2 Å². The molecule has 2 nitrogen and oxygen atoms in total. The molecule has 0 amide bonds. The molecule has 3 rings (SSSR count). The van der Waals surface area contributed by atoms with E-state index in [0.29, 0.717) is 0 Å². The van der Waals surface area contributed by atoms with Gasteiger partial charge >= 0.3 is 0 Å². The normalized spacial score (nSPS) is 20.9. The molecule has 1 atom stereocenters. The molecular weight excluding hydrogens is 282 g/mol. The van der Waals surface area contributed by atoms with Crippen molar-refractivity contribution >= 4 is 11.6 Å². The van der Waals surface area contributed by atoms with Crippen molar-refractivity contribution in [1.29, 1.82) is 0 Å². The van der Waals surface area contributed by atoms with E-state index in [2.05, 4.69) is 24.3 Å². The highest BCUT2D eigenvalue weighted by Gasteiger charge is 2.33. The maximum Gasteiger partial charge on any atom is 0.119 e. The molecule has 21 heavy (non-hydrogen) atoms. The molecule has 0 saturated carbocycles. The number of hydrogen-bond acceptors (Lipinski definition) is 2. The van der Waals surface area contributed by atoms with Crippen LogP contribution in [0.5, 0.6) is 5.75 Å². The first-order valence-corrected chi connectivity index (χ1v) is 7.69. The van der Waals surface area contributed by atoms with E-state index in [1.807, 2.05) is 18.2 Å². The number of ether oxygens (including phenoxy) is 1. The summed E-state index contributed by atoms with van der Waals surface area (Å²) in [4.78, 5) is 0. The second-order valence-corrected chi connectivity index (χ2v) is 6.27. The van der Waals surface area contributed by atoms with Crippen LogP contribution in [0.3, 0.4) is 0 Å². The highest BCUT2D eigenvalue weighted by molar-refractivity contribution is 6.30. The molecule has 0 saturated heterocycles. The van der Waals surface area contributed by atoms with Gasteiger partial charge in [-0.3, -0.25) is 0 Å². The van der Waals surface area contributed by atoms with Gasteiger partial charge in [-0.05, 0) is 66.6 Å². The Morgan fingerprint density at radius 1 is 1.19 bits per heavy atom. The van der Waals surface area contributed by atoms with Crippen LogP contribution in [0.25, 0.3) is 0 Å². The number of methoxy groups -OCH3 is 1. The fourth-order valence-corrected chi connectivity index (χ4v) is 3.37. The van der Waals surface area contributed by atoms with Gasteiger partial charge < -0.3 is 10.5 Å². The first-order chi connectivity index (χ1) is 10.1. The van der Waals surface area contributed by atoms with E-state index in [-0.39, 0.29) is 5.54 Å². The molecule has 2 aromatic rings. The average Bonchev–Trinajstić information content (AvgIpc) is 2.50. The van der Waals surface area contributed by atoms with Gasteiger partial charge in [0.1, 0.15) is 5.75 Å². The van der Waals surface area contributed by atoms with E-state index in [4.69, 9.17) is 22.1 Å². The van der Waals surface area contributed by atoms with Gasteiger partial charge in [0.05, 0.1) is 7.11 Å². The highest BCUT2D eigenvalue weighted by atomic mass is 35.5. The minimum absolute atomic E-state index is 0.323. The zero-order chi connectivity index (χ0) is 14.9. The van der Waals surface area contributed by atoms with Crippen molar-refractivity contribution in [3.05, 3.63) is 64.2 Å². The van der Waals surface area contributed by atoms with E-state index >= 15 is 0 Å². The summed E-state index contributed by atoms with van der Waals surface area (Å²) in [6, 6.07) is 14.2. The number of halogens is 1. The quantitative estimate of drug-likeness (QED) is 0.927. The molecule has 2 aromatic carbocycles. The fourth-order valence-electron chi connectivity index (χ4n) is 3.24. The van der Waals surface area contributed by atoms with E-state index in [0.717, 1.165) is 36.5 Å². The van der Waals surface area contributed by atoms with Crippen LogP contribution in [-0.2, 0) is 18.4 Å². The summed E-state index contributed by atoms with van der Waals surface area (Å²) >= 11 is 5.96. The minimum Gasteiger partial charge on any atom is -0.497 e. The number of nitrogens with two attached hydrogens (primary N) is 1. The first-order valence-electron chi connectivity index (χ1n) is 7.31. The van der Waals surface area contributed by atoms with Crippen LogP contribution in [0.2, 0.25) is 5.02 Å². The predicted molar refractivity (Wildman–Crippen MR) is 87.0 cm³/mol. The second-order valence-electron chi connectivity index (χ2n) is 5.84. The van der Waals surface area contributed by atoms with Crippen molar-refractivity contribution in [3.8, 4) is 5.75 Å². The second kappa shape index (κ2) is 5.70. The van der Waals surface area contributed by atoms with Gasteiger partial charge in [-0.1, -0.05) is 29.8 Å². The molecule has 3 heteroatoms. The maximum atomic E-state index is 6.78. The molecular formula is C18H20ClNO. The standard InChI is InChI=1S/C18H20ClNO/c1-21-16-9-6-14-3-2-10-18(20,17(14)11-16)12-13-4-7-15(19)8-5-13/h4-9,11H,2-3,10,12,20H2,1H3. The van der Waals surface area contributed by atoms with Crippen molar-refractivity contribution in [2.75, 3.05) is 7.11 Å². The number of benzene rings is 2. The molecule has 0 radical (unpaired) electrons. The van der Waals surface area contributed by atoms with Crippen molar-refractivity contribution in [2.24, 2.45) is 5.73 Å². The van der Waals surface area contributed by atoms with Crippen LogP contribution in [0, 0.1) is 0 Å². The Hall–Kier alpha value is -1.51. The topological polar surface area (TPSA) is 35.2 Å². The maximum absolute atomic E-state index is 6.78. The summed E-state index contributed by atoms with van der Waals surface area (Å²) < 4.78 is 5.37. The lowest BCUT2D eigenvalue weighted by Crippen LogP contribution is -2.42. The average molecular weight is 302 g/mol. The summed E-state index contributed by atoms with van der Waals surface area (Å²) in [5.74, 6) is 0.876. The Labute approximate surface area is 130 Å². The summed E-state index contributed by atoms with van der Waals surface area (Å²) in [6.45, 7) is 0. The van der Waals surface area contributed by atoms with Gasteiger partial charge in [0.2, 0.25) is 0 Å². The van der Waals surface area contributed by atoms with Crippen molar-refractivity contribution in [3.63, 3.8) is 0 Å². The molecule has 0 fully saturated rings. The third-order valence-corrected chi connectivity index (χ3v) is 4.61. The first kappa shape index (κ1) is 14.4. The zero-order valence-corrected chi connectivity index (χ0v) is 13.0. The van der Waals surface area contributed by atoms with Gasteiger partial charge in [-0.15, -0.1) is 0 Å². The van der Waals surface area contributed by atoms with Gasteiger partial charge in [-0.2, -0.15) is 0 Å². The van der Waals surface area contributed by atoms with Gasteiger partial charge in [0.25, 0.3) is 0 Å².